The first kappa shape index (κ1) is 11.3. The number of rotatable bonds is 4. The highest BCUT2D eigenvalue weighted by molar-refractivity contribution is 6.32. The standard InChI is InChI=1S/C10H13ClFNO/c1-3-14-10-7(6-13-2)4-8(12)5-9(10)11/h4-5,13H,3,6H2,1-2H3. The fraction of sp³-hybridized carbons (Fsp3) is 0.400. The van der Waals surface area contributed by atoms with Gasteiger partial charge in [-0.25, -0.2) is 4.39 Å². The second-order valence-corrected chi connectivity index (χ2v) is 3.25. The van der Waals surface area contributed by atoms with Crippen LogP contribution in [0.4, 0.5) is 4.39 Å². The molecule has 0 aliphatic heterocycles. The van der Waals surface area contributed by atoms with Gasteiger partial charge in [0.1, 0.15) is 11.6 Å². The van der Waals surface area contributed by atoms with E-state index in [9.17, 15) is 4.39 Å². The average molecular weight is 218 g/mol. The van der Waals surface area contributed by atoms with Crippen molar-refractivity contribution in [3.8, 4) is 5.75 Å². The first-order valence-electron chi connectivity index (χ1n) is 4.44. The Bertz CT molecular complexity index is 317. The SMILES string of the molecule is CCOc1c(Cl)cc(F)cc1CNC. The molecule has 0 aliphatic carbocycles. The molecule has 0 aromatic heterocycles. The number of ether oxygens (including phenoxy) is 1. The molecule has 1 aromatic rings. The van der Waals surface area contributed by atoms with Crippen molar-refractivity contribution in [1.29, 1.82) is 0 Å². The minimum Gasteiger partial charge on any atom is -0.492 e. The first-order chi connectivity index (χ1) is 6.69. The monoisotopic (exact) mass is 217 g/mol. The molecule has 0 radical (unpaired) electrons. The molecule has 0 heterocycles. The Morgan fingerprint density at radius 1 is 1.50 bits per heavy atom. The molecule has 0 saturated carbocycles. The summed E-state index contributed by atoms with van der Waals surface area (Å²) in [7, 11) is 1.79. The summed E-state index contributed by atoms with van der Waals surface area (Å²) in [6.07, 6.45) is 0. The molecule has 0 unspecified atom stereocenters. The van der Waals surface area contributed by atoms with E-state index in [1.165, 1.54) is 12.1 Å². The van der Waals surface area contributed by atoms with E-state index in [0.29, 0.717) is 23.9 Å². The third-order valence-electron chi connectivity index (χ3n) is 1.74. The maximum Gasteiger partial charge on any atom is 0.142 e. The Labute approximate surface area is 88.0 Å². The summed E-state index contributed by atoms with van der Waals surface area (Å²) < 4.78 is 18.3. The summed E-state index contributed by atoms with van der Waals surface area (Å²) in [5, 5.41) is 3.25. The largest absolute Gasteiger partial charge is 0.492 e. The smallest absolute Gasteiger partial charge is 0.142 e. The summed E-state index contributed by atoms with van der Waals surface area (Å²) in [6, 6.07) is 2.68. The molecule has 0 fully saturated rings. The lowest BCUT2D eigenvalue weighted by Crippen LogP contribution is -2.08. The first-order valence-corrected chi connectivity index (χ1v) is 4.82. The van der Waals surface area contributed by atoms with Crippen LogP contribution in [0, 0.1) is 5.82 Å². The van der Waals surface area contributed by atoms with Crippen LogP contribution in [0.5, 0.6) is 5.75 Å². The molecular formula is C10H13ClFNO. The Morgan fingerprint density at radius 2 is 2.21 bits per heavy atom. The average Bonchev–Trinajstić information content (AvgIpc) is 2.11. The summed E-state index contributed by atoms with van der Waals surface area (Å²) in [5.74, 6) is 0.216. The van der Waals surface area contributed by atoms with Crippen LogP contribution in [0.3, 0.4) is 0 Å². The van der Waals surface area contributed by atoms with Crippen molar-refractivity contribution < 1.29 is 9.13 Å². The maximum absolute atomic E-state index is 13.0. The van der Waals surface area contributed by atoms with Gasteiger partial charge in [-0.05, 0) is 26.1 Å². The van der Waals surface area contributed by atoms with Gasteiger partial charge in [-0.3, -0.25) is 0 Å². The fourth-order valence-corrected chi connectivity index (χ4v) is 1.52. The van der Waals surface area contributed by atoms with Crippen molar-refractivity contribution in [2.45, 2.75) is 13.5 Å². The van der Waals surface area contributed by atoms with Gasteiger partial charge in [0.05, 0.1) is 11.6 Å². The van der Waals surface area contributed by atoms with Gasteiger partial charge < -0.3 is 10.1 Å². The molecule has 2 nitrogen and oxygen atoms in total. The molecule has 1 aromatic carbocycles. The number of benzene rings is 1. The highest BCUT2D eigenvalue weighted by Gasteiger charge is 2.09. The van der Waals surface area contributed by atoms with Gasteiger partial charge >= 0.3 is 0 Å². The lowest BCUT2D eigenvalue weighted by molar-refractivity contribution is 0.335. The minimum absolute atomic E-state index is 0.317. The minimum atomic E-state index is -0.344. The van der Waals surface area contributed by atoms with E-state index in [1.807, 2.05) is 6.92 Å². The molecule has 0 aliphatic rings. The Kier molecular flexibility index (Phi) is 4.17. The topological polar surface area (TPSA) is 21.3 Å². The van der Waals surface area contributed by atoms with Gasteiger partial charge in [0.2, 0.25) is 0 Å². The van der Waals surface area contributed by atoms with E-state index in [4.69, 9.17) is 16.3 Å². The van der Waals surface area contributed by atoms with Crippen molar-refractivity contribution in [2.24, 2.45) is 0 Å². The van der Waals surface area contributed by atoms with Crippen LogP contribution in [0.2, 0.25) is 5.02 Å². The molecule has 0 amide bonds. The quantitative estimate of drug-likeness (QED) is 0.837. The third-order valence-corrected chi connectivity index (χ3v) is 2.02. The summed E-state index contributed by atoms with van der Waals surface area (Å²) in [6.45, 7) is 2.91. The third kappa shape index (κ3) is 2.59. The second-order valence-electron chi connectivity index (χ2n) is 2.84. The zero-order chi connectivity index (χ0) is 10.6. The van der Waals surface area contributed by atoms with Gasteiger partial charge in [-0.15, -0.1) is 0 Å². The van der Waals surface area contributed by atoms with Crippen molar-refractivity contribution in [2.75, 3.05) is 13.7 Å². The number of hydrogen-bond acceptors (Lipinski definition) is 2. The van der Waals surface area contributed by atoms with Crippen LogP contribution in [-0.2, 0) is 6.54 Å². The second kappa shape index (κ2) is 5.17. The number of hydrogen-bond donors (Lipinski definition) is 1. The summed E-state index contributed by atoms with van der Waals surface area (Å²) in [4.78, 5) is 0. The number of nitrogens with one attached hydrogen (secondary N) is 1. The zero-order valence-electron chi connectivity index (χ0n) is 8.23. The van der Waals surface area contributed by atoms with Gasteiger partial charge in [0.25, 0.3) is 0 Å². The maximum atomic E-state index is 13.0. The fourth-order valence-electron chi connectivity index (χ4n) is 1.24. The van der Waals surface area contributed by atoms with Crippen LogP contribution in [-0.4, -0.2) is 13.7 Å². The molecule has 78 valence electrons. The van der Waals surface area contributed by atoms with Gasteiger partial charge in [0.15, 0.2) is 0 Å². The Hall–Kier alpha value is -0.800. The Balaban J connectivity index is 3.07. The van der Waals surface area contributed by atoms with E-state index < -0.39 is 0 Å². The van der Waals surface area contributed by atoms with E-state index in [1.54, 1.807) is 7.05 Å². The zero-order valence-corrected chi connectivity index (χ0v) is 8.99. The predicted octanol–water partition coefficient (Wildman–Crippen LogP) is 2.60. The molecule has 1 rings (SSSR count). The van der Waals surface area contributed by atoms with Crippen LogP contribution < -0.4 is 10.1 Å². The van der Waals surface area contributed by atoms with Crippen molar-refractivity contribution >= 4 is 11.6 Å². The van der Waals surface area contributed by atoms with E-state index in [2.05, 4.69) is 5.32 Å². The molecule has 0 saturated heterocycles. The van der Waals surface area contributed by atoms with Crippen molar-refractivity contribution in [1.82, 2.24) is 5.32 Å². The van der Waals surface area contributed by atoms with E-state index in [0.717, 1.165) is 5.56 Å². The molecular weight excluding hydrogens is 205 g/mol. The lowest BCUT2D eigenvalue weighted by atomic mass is 10.2. The van der Waals surface area contributed by atoms with Crippen LogP contribution in [0.25, 0.3) is 0 Å². The molecule has 1 N–H and O–H groups in total. The van der Waals surface area contributed by atoms with Crippen LogP contribution >= 0.6 is 11.6 Å². The molecule has 4 heteroatoms. The van der Waals surface area contributed by atoms with Gasteiger partial charge in [0, 0.05) is 12.1 Å². The van der Waals surface area contributed by atoms with Crippen molar-refractivity contribution in [3.05, 3.63) is 28.5 Å². The predicted molar refractivity (Wildman–Crippen MR) is 55.3 cm³/mol. The van der Waals surface area contributed by atoms with E-state index in [-0.39, 0.29) is 5.82 Å². The van der Waals surface area contributed by atoms with Crippen molar-refractivity contribution in [3.63, 3.8) is 0 Å². The van der Waals surface area contributed by atoms with Crippen LogP contribution in [0.15, 0.2) is 12.1 Å². The molecule has 0 bridgehead atoms. The molecule has 0 spiro atoms. The van der Waals surface area contributed by atoms with Gasteiger partial charge in [-0.1, -0.05) is 11.6 Å². The molecule has 0 atom stereocenters. The van der Waals surface area contributed by atoms with E-state index >= 15 is 0 Å². The summed E-state index contributed by atoms with van der Waals surface area (Å²) in [5.41, 5.74) is 0.736. The number of halogens is 2. The Morgan fingerprint density at radius 3 is 2.79 bits per heavy atom. The van der Waals surface area contributed by atoms with Crippen LogP contribution in [0.1, 0.15) is 12.5 Å². The molecule has 14 heavy (non-hydrogen) atoms. The highest BCUT2D eigenvalue weighted by Crippen LogP contribution is 2.29. The summed E-state index contributed by atoms with van der Waals surface area (Å²) >= 11 is 5.86. The normalized spacial score (nSPS) is 10.3. The van der Waals surface area contributed by atoms with Gasteiger partial charge in [-0.2, -0.15) is 0 Å². The lowest BCUT2D eigenvalue weighted by Gasteiger charge is -2.11. The highest BCUT2D eigenvalue weighted by atomic mass is 35.5.